The topological polar surface area (TPSA) is 90.9 Å². The largest absolute Gasteiger partial charge is 0.395 e. The Morgan fingerprint density at radius 1 is 1.43 bits per heavy atom. The van der Waals surface area contributed by atoms with Crippen molar-refractivity contribution in [1.82, 2.24) is 15.2 Å². The molecule has 2 aromatic rings. The second kappa shape index (κ2) is 6.68. The maximum absolute atomic E-state index is 12.1. The molecule has 2 aromatic heterocycles. The Balaban J connectivity index is 2.09. The Morgan fingerprint density at radius 2 is 2.24 bits per heavy atom. The average molecular weight is 284 g/mol. The van der Waals surface area contributed by atoms with Gasteiger partial charge >= 0.3 is 0 Å². The van der Waals surface area contributed by atoms with Crippen LogP contribution < -0.4 is 5.32 Å². The highest BCUT2D eigenvalue weighted by molar-refractivity contribution is 6.03. The van der Waals surface area contributed by atoms with Crippen LogP contribution in [0.1, 0.15) is 33.9 Å². The van der Waals surface area contributed by atoms with Crippen LogP contribution in [0.25, 0.3) is 0 Å². The second-order valence-electron chi connectivity index (χ2n) is 4.47. The third kappa shape index (κ3) is 3.68. The number of hydrogen-bond acceptors (Lipinski definition) is 4. The van der Waals surface area contributed by atoms with Gasteiger partial charge in [-0.3, -0.25) is 9.89 Å². The highest BCUT2D eigenvalue weighted by Crippen LogP contribution is 2.16. The normalized spacial score (nSPS) is 9.86. The van der Waals surface area contributed by atoms with Crippen LogP contribution >= 0.6 is 0 Å². The van der Waals surface area contributed by atoms with Gasteiger partial charge < -0.3 is 10.4 Å². The number of aryl methyl sites for hydroxylation is 2. The molecule has 0 aliphatic rings. The van der Waals surface area contributed by atoms with Crippen molar-refractivity contribution < 1.29 is 9.90 Å². The molecule has 0 bridgehead atoms. The average Bonchev–Trinajstić information content (AvgIpc) is 2.80. The summed E-state index contributed by atoms with van der Waals surface area (Å²) in [7, 11) is 0. The van der Waals surface area contributed by atoms with E-state index in [2.05, 4.69) is 32.3 Å². The SMILES string of the molecule is Cc1n[nH]c(C)c1NC(=O)c1ccc(C#CCCO)cn1. The first-order valence-electron chi connectivity index (χ1n) is 6.50. The van der Waals surface area contributed by atoms with Gasteiger partial charge in [0.05, 0.1) is 23.7 Å². The smallest absolute Gasteiger partial charge is 0.274 e. The molecule has 0 saturated heterocycles. The van der Waals surface area contributed by atoms with Crippen molar-refractivity contribution in [1.29, 1.82) is 0 Å². The zero-order valence-corrected chi connectivity index (χ0v) is 11.9. The van der Waals surface area contributed by atoms with E-state index >= 15 is 0 Å². The van der Waals surface area contributed by atoms with Crippen molar-refractivity contribution in [3.63, 3.8) is 0 Å². The van der Waals surface area contributed by atoms with Crippen LogP contribution in [0.4, 0.5) is 5.69 Å². The molecule has 0 spiro atoms. The van der Waals surface area contributed by atoms with Gasteiger partial charge in [0.1, 0.15) is 5.69 Å². The van der Waals surface area contributed by atoms with Gasteiger partial charge in [0, 0.05) is 18.2 Å². The number of anilines is 1. The first-order chi connectivity index (χ1) is 10.1. The number of aliphatic hydroxyl groups excluding tert-OH is 1. The summed E-state index contributed by atoms with van der Waals surface area (Å²) in [6, 6.07) is 3.34. The van der Waals surface area contributed by atoms with Crippen LogP contribution in [0.2, 0.25) is 0 Å². The minimum absolute atomic E-state index is 0.0321. The number of H-pyrrole nitrogens is 1. The minimum atomic E-state index is -0.294. The molecule has 0 unspecified atom stereocenters. The fourth-order valence-electron chi connectivity index (χ4n) is 1.74. The van der Waals surface area contributed by atoms with Crippen molar-refractivity contribution in [2.24, 2.45) is 0 Å². The lowest BCUT2D eigenvalue weighted by Crippen LogP contribution is -2.14. The molecule has 21 heavy (non-hydrogen) atoms. The molecule has 0 aliphatic carbocycles. The van der Waals surface area contributed by atoms with E-state index in [1.54, 1.807) is 12.1 Å². The fraction of sp³-hybridized carbons (Fsp3) is 0.267. The summed E-state index contributed by atoms with van der Waals surface area (Å²) in [4.78, 5) is 16.2. The summed E-state index contributed by atoms with van der Waals surface area (Å²) in [6.07, 6.45) is 1.95. The summed E-state index contributed by atoms with van der Waals surface area (Å²) in [6.45, 7) is 3.68. The third-order valence-corrected chi connectivity index (χ3v) is 2.83. The Labute approximate surface area is 122 Å². The number of nitrogens with one attached hydrogen (secondary N) is 2. The van der Waals surface area contributed by atoms with Crippen molar-refractivity contribution in [2.45, 2.75) is 20.3 Å². The zero-order chi connectivity index (χ0) is 15.2. The number of pyridine rings is 1. The molecule has 108 valence electrons. The predicted molar refractivity (Wildman–Crippen MR) is 78.8 cm³/mol. The van der Waals surface area contributed by atoms with Crippen LogP contribution in [0, 0.1) is 25.7 Å². The first-order valence-corrected chi connectivity index (χ1v) is 6.50. The second-order valence-corrected chi connectivity index (χ2v) is 4.47. The number of aromatic amines is 1. The van der Waals surface area contributed by atoms with Crippen LogP contribution in [-0.4, -0.2) is 32.8 Å². The Morgan fingerprint density at radius 3 is 2.81 bits per heavy atom. The van der Waals surface area contributed by atoms with Gasteiger partial charge in [-0.1, -0.05) is 11.8 Å². The number of carbonyl (C=O) groups excluding carboxylic acids is 1. The molecule has 0 aromatic carbocycles. The van der Waals surface area contributed by atoms with E-state index in [1.165, 1.54) is 6.20 Å². The number of aromatic nitrogens is 3. The lowest BCUT2D eigenvalue weighted by molar-refractivity contribution is 0.102. The van der Waals surface area contributed by atoms with E-state index in [4.69, 9.17) is 5.11 Å². The van der Waals surface area contributed by atoms with Gasteiger partial charge in [-0.05, 0) is 26.0 Å². The van der Waals surface area contributed by atoms with Crippen LogP contribution in [0.5, 0.6) is 0 Å². The van der Waals surface area contributed by atoms with Gasteiger partial charge in [-0.2, -0.15) is 5.10 Å². The van der Waals surface area contributed by atoms with E-state index in [0.717, 1.165) is 11.4 Å². The summed E-state index contributed by atoms with van der Waals surface area (Å²) in [5, 5.41) is 18.3. The van der Waals surface area contributed by atoms with E-state index < -0.39 is 0 Å². The van der Waals surface area contributed by atoms with Gasteiger partial charge in [0.25, 0.3) is 5.91 Å². The molecule has 6 nitrogen and oxygen atoms in total. The summed E-state index contributed by atoms with van der Waals surface area (Å²) in [5.41, 5.74) is 3.21. The number of hydrogen-bond donors (Lipinski definition) is 3. The monoisotopic (exact) mass is 284 g/mol. The van der Waals surface area contributed by atoms with Crippen LogP contribution in [0.3, 0.4) is 0 Å². The van der Waals surface area contributed by atoms with Crippen molar-refractivity contribution in [2.75, 3.05) is 11.9 Å². The van der Waals surface area contributed by atoms with Gasteiger partial charge in [0.2, 0.25) is 0 Å². The van der Waals surface area contributed by atoms with Gasteiger partial charge in [0.15, 0.2) is 0 Å². The van der Waals surface area contributed by atoms with Crippen molar-refractivity contribution in [3.05, 3.63) is 41.0 Å². The highest BCUT2D eigenvalue weighted by atomic mass is 16.2. The van der Waals surface area contributed by atoms with E-state index in [9.17, 15) is 4.79 Å². The molecule has 0 radical (unpaired) electrons. The molecule has 2 heterocycles. The van der Waals surface area contributed by atoms with Crippen LogP contribution in [-0.2, 0) is 0 Å². The molecule has 0 aliphatic heterocycles. The van der Waals surface area contributed by atoms with E-state index in [1.807, 2.05) is 13.8 Å². The molecule has 3 N–H and O–H groups in total. The lowest BCUT2D eigenvalue weighted by Gasteiger charge is -2.04. The molecule has 6 heteroatoms. The summed E-state index contributed by atoms with van der Waals surface area (Å²) in [5.74, 6) is 5.36. The van der Waals surface area contributed by atoms with Gasteiger partial charge in [-0.15, -0.1) is 0 Å². The summed E-state index contributed by atoms with van der Waals surface area (Å²) < 4.78 is 0. The van der Waals surface area contributed by atoms with E-state index in [0.29, 0.717) is 23.4 Å². The van der Waals surface area contributed by atoms with E-state index in [-0.39, 0.29) is 12.5 Å². The first kappa shape index (κ1) is 14.8. The summed E-state index contributed by atoms with van der Waals surface area (Å²) >= 11 is 0. The molecule has 0 saturated carbocycles. The number of nitrogens with zero attached hydrogens (tertiary/aromatic N) is 2. The predicted octanol–water partition coefficient (Wildman–Crippen LogP) is 1.41. The third-order valence-electron chi connectivity index (χ3n) is 2.83. The molecular weight excluding hydrogens is 268 g/mol. The number of aliphatic hydroxyl groups is 1. The number of rotatable bonds is 3. The Hall–Kier alpha value is -2.65. The zero-order valence-electron chi connectivity index (χ0n) is 11.9. The Bertz CT molecular complexity index is 673. The van der Waals surface area contributed by atoms with Crippen LogP contribution in [0.15, 0.2) is 18.3 Å². The highest BCUT2D eigenvalue weighted by Gasteiger charge is 2.12. The van der Waals surface area contributed by atoms with Gasteiger partial charge in [-0.25, -0.2) is 4.98 Å². The molecule has 1 amide bonds. The molecule has 0 fully saturated rings. The molecule has 2 rings (SSSR count). The standard InChI is InChI=1S/C15H16N4O2/c1-10-14(11(2)19-18-10)17-15(21)13-7-6-12(9-16-13)5-3-4-8-20/h6-7,9,20H,4,8H2,1-2H3,(H,17,21)(H,18,19). The Kier molecular flexibility index (Phi) is 4.69. The van der Waals surface area contributed by atoms with Crippen molar-refractivity contribution >= 4 is 11.6 Å². The fourth-order valence-corrected chi connectivity index (χ4v) is 1.74. The maximum atomic E-state index is 12.1. The quantitative estimate of drug-likeness (QED) is 0.743. The number of carbonyl (C=O) groups is 1. The maximum Gasteiger partial charge on any atom is 0.274 e. The minimum Gasteiger partial charge on any atom is -0.395 e. The molecular formula is C15H16N4O2. The molecule has 0 atom stereocenters. The number of amides is 1. The lowest BCUT2D eigenvalue weighted by atomic mass is 10.2. The van der Waals surface area contributed by atoms with Crippen molar-refractivity contribution in [3.8, 4) is 11.8 Å².